The van der Waals surface area contributed by atoms with Gasteiger partial charge in [0.15, 0.2) is 0 Å². The van der Waals surface area contributed by atoms with Gasteiger partial charge in [-0.2, -0.15) is 20.2 Å². The number of hydrogen-bond donors (Lipinski definition) is 0. The minimum Gasteiger partial charge on any atom is -0.360 e. The molecule has 17 heavy (non-hydrogen) atoms. The van der Waals surface area contributed by atoms with Crippen LogP contribution < -0.4 is 0 Å². The average molecular weight is 270 g/mol. The fourth-order valence-corrected chi connectivity index (χ4v) is 3.29. The zero-order valence-electron chi connectivity index (χ0n) is 9.32. The Morgan fingerprint density at radius 3 is 2.47 bits per heavy atom. The topological polar surface area (TPSA) is 49.7 Å². The van der Waals surface area contributed by atoms with E-state index in [1.54, 1.807) is 30.3 Å². The van der Waals surface area contributed by atoms with Gasteiger partial charge in [-0.15, -0.1) is 4.40 Å². The molecule has 0 saturated carbocycles. The van der Waals surface area contributed by atoms with Crippen LogP contribution in [0.2, 0.25) is 0 Å². The van der Waals surface area contributed by atoms with Gasteiger partial charge < -0.3 is 4.90 Å². The molecule has 0 N–H and O–H groups in total. The number of rotatable bonds is 3. The smallest absolute Gasteiger partial charge is 0.283 e. The highest BCUT2D eigenvalue weighted by Crippen LogP contribution is 2.12. The van der Waals surface area contributed by atoms with Crippen LogP contribution in [0.1, 0.15) is 0 Å². The van der Waals surface area contributed by atoms with Gasteiger partial charge in [0.2, 0.25) is 0 Å². The van der Waals surface area contributed by atoms with Crippen LogP contribution in [-0.2, 0) is 10.0 Å². The number of hydrogen-bond acceptors (Lipinski definition) is 3. The van der Waals surface area contributed by atoms with Crippen molar-refractivity contribution in [3.8, 4) is 0 Å². The van der Waals surface area contributed by atoms with Gasteiger partial charge in [-0.05, 0) is 12.1 Å². The van der Waals surface area contributed by atoms with Crippen molar-refractivity contribution in [1.82, 2.24) is 4.90 Å². The Labute approximate surface area is 106 Å². The maximum absolute atomic E-state index is 11.8. The maximum Gasteiger partial charge on any atom is 0.283 e. The summed E-state index contributed by atoms with van der Waals surface area (Å²) in [6.07, 6.45) is 1.45. The molecule has 0 bridgehead atoms. The molecule has 1 aliphatic rings. The molecule has 0 unspecified atom stereocenters. The first-order valence-corrected chi connectivity index (χ1v) is 7.95. The molecular weight excluding hydrogens is 256 g/mol. The van der Waals surface area contributed by atoms with Gasteiger partial charge in [-0.1, -0.05) is 18.2 Å². The molecule has 0 atom stereocenters. The van der Waals surface area contributed by atoms with Crippen LogP contribution in [0, 0.1) is 0 Å². The molecule has 0 aromatic heterocycles. The predicted molar refractivity (Wildman–Crippen MR) is 71.0 cm³/mol. The molecule has 1 fully saturated rings. The number of nitrogens with zero attached hydrogens (tertiary/aromatic N) is 2. The fraction of sp³-hybridized carbons (Fsp3) is 0.364. The molecule has 4 nitrogen and oxygen atoms in total. The van der Waals surface area contributed by atoms with Crippen molar-refractivity contribution >= 4 is 28.1 Å². The normalized spacial score (nSPS) is 17.5. The monoisotopic (exact) mass is 270 g/mol. The van der Waals surface area contributed by atoms with Crippen LogP contribution in [0.15, 0.2) is 39.6 Å². The Morgan fingerprint density at radius 1 is 1.18 bits per heavy atom. The van der Waals surface area contributed by atoms with Crippen LogP contribution in [0.5, 0.6) is 0 Å². The average Bonchev–Trinajstić information content (AvgIpc) is 2.39. The predicted octanol–water partition coefficient (Wildman–Crippen LogP) is 1.45. The second kappa shape index (κ2) is 5.55. The van der Waals surface area contributed by atoms with Crippen LogP contribution in [0.25, 0.3) is 0 Å². The lowest BCUT2D eigenvalue weighted by molar-refractivity contribution is 0.477. The summed E-state index contributed by atoms with van der Waals surface area (Å²) in [5.74, 6) is 2.05. The third-order valence-electron chi connectivity index (χ3n) is 2.44. The van der Waals surface area contributed by atoms with Crippen molar-refractivity contribution < 1.29 is 8.42 Å². The van der Waals surface area contributed by atoms with Gasteiger partial charge in [0, 0.05) is 24.6 Å². The largest absolute Gasteiger partial charge is 0.360 e. The molecule has 2 rings (SSSR count). The minimum atomic E-state index is -3.54. The second-order valence-electron chi connectivity index (χ2n) is 3.66. The third-order valence-corrected chi connectivity index (χ3v) is 4.62. The summed E-state index contributed by atoms with van der Waals surface area (Å²) in [5, 5.41) is 0. The van der Waals surface area contributed by atoms with E-state index in [9.17, 15) is 8.42 Å². The molecule has 1 aromatic rings. The summed E-state index contributed by atoms with van der Waals surface area (Å²) in [5.41, 5.74) is 0. The van der Waals surface area contributed by atoms with Crippen molar-refractivity contribution in [3.63, 3.8) is 0 Å². The Hall–Kier alpha value is -1.01. The molecule has 1 aliphatic heterocycles. The quantitative estimate of drug-likeness (QED) is 0.616. The number of sulfonamides is 1. The van der Waals surface area contributed by atoms with E-state index in [2.05, 4.69) is 4.40 Å². The summed E-state index contributed by atoms with van der Waals surface area (Å²) in [6, 6.07) is 8.28. The van der Waals surface area contributed by atoms with E-state index in [1.807, 2.05) is 16.7 Å². The summed E-state index contributed by atoms with van der Waals surface area (Å²) in [4.78, 5) is 2.18. The number of benzene rings is 1. The van der Waals surface area contributed by atoms with Gasteiger partial charge in [0.05, 0.1) is 4.90 Å². The Morgan fingerprint density at radius 2 is 1.82 bits per heavy atom. The first-order chi connectivity index (χ1) is 8.18. The molecule has 1 saturated heterocycles. The molecule has 1 heterocycles. The van der Waals surface area contributed by atoms with Crippen LogP contribution in [-0.4, -0.2) is 44.3 Å². The van der Waals surface area contributed by atoms with Crippen LogP contribution in [0.3, 0.4) is 0 Å². The van der Waals surface area contributed by atoms with Crippen LogP contribution in [0.4, 0.5) is 0 Å². The zero-order chi connectivity index (χ0) is 12.1. The molecule has 0 spiro atoms. The van der Waals surface area contributed by atoms with Crippen molar-refractivity contribution in [3.05, 3.63) is 30.3 Å². The highest BCUT2D eigenvalue weighted by Gasteiger charge is 2.12. The van der Waals surface area contributed by atoms with E-state index in [4.69, 9.17) is 0 Å². The highest BCUT2D eigenvalue weighted by molar-refractivity contribution is 7.99. The van der Waals surface area contributed by atoms with Crippen molar-refractivity contribution in [2.45, 2.75) is 4.90 Å². The molecule has 92 valence electrons. The van der Waals surface area contributed by atoms with Gasteiger partial charge in [0.25, 0.3) is 10.0 Å². The van der Waals surface area contributed by atoms with Gasteiger partial charge >= 0.3 is 0 Å². The SMILES string of the molecule is O=S(=O)(N=CN1CCSCC1)c1ccccc1. The lowest BCUT2D eigenvalue weighted by atomic mass is 10.4. The molecular formula is C11H14N2O2S2. The Kier molecular flexibility index (Phi) is 4.06. The van der Waals surface area contributed by atoms with E-state index < -0.39 is 10.0 Å². The molecule has 0 radical (unpaired) electrons. The Bertz CT molecular complexity index is 479. The highest BCUT2D eigenvalue weighted by atomic mass is 32.2. The first-order valence-electron chi connectivity index (χ1n) is 5.36. The molecule has 1 aromatic carbocycles. The first kappa shape index (κ1) is 12.4. The summed E-state index contributed by atoms with van der Waals surface area (Å²) in [7, 11) is -3.54. The molecule has 0 aliphatic carbocycles. The summed E-state index contributed by atoms with van der Waals surface area (Å²) < 4.78 is 27.4. The molecule has 6 heteroatoms. The lowest BCUT2D eigenvalue weighted by Gasteiger charge is -2.23. The standard InChI is InChI=1S/C11H14N2O2S2/c14-17(15,11-4-2-1-3-5-11)12-10-13-6-8-16-9-7-13/h1-5,10H,6-9H2. The zero-order valence-corrected chi connectivity index (χ0v) is 11.0. The van der Waals surface area contributed by atoms with Gasteiger partial charge in [-0.25, -0.2) is 0 Å². The van der Waals surface area contributed by atoms with Crippen molar-refractivity contribution in [2.75, 3.05) is 24.6 Å². The lowest BCUT2D eigenvalue weighted by Crippen LogP contribution is -2.31. The van der Waals surface area contributed by atoms with E-state index >= 15 is 0 Å². The summed E-state index contributed by atoms with van der Waals surface area (Å²) >= 11 is 1.88. The minimum absolute atomic E-state index is 0.239. The van der Waals surface area contributed by atoms with E-state index in [1.165, 1.54) is 6.34 Å². The van der Waals surface area contributed by atoms with Crippen molar-refractivity contribution in [1.29, 1.82) is 0 Å². The molecule has 0 amide bonds. The van der Waals surface area contributed by atoms with Crippen LogP contribution >= 0.6 is 11.8 Å². The maximum atomic E-state index is 11.8. The second-order valence-corrected chi connectivity index (χ2v) is 6.51. The Balaban J connectivity index is 2.09. The summed E-state index contributed by atoms with van der Waals surface area (Å²) in [6.45, 7) is 1.72. The van der Waals surface area contributed by atoms with Gasteiger partial charge in [0.1, 0.15) is 6.34 Å². The van der Waals surface area contributed by atoms with E-state index in [0.29, 0.717) is 0 Å². The fourth-order valence-electron chi connectivity index (χ4n) is 1.47. The van der Waals surface area contributed by atoms with Gasteiger partial charge in [-0.3, -0.25) is 0 Å². The van der Waals surface area contributed by atoms with E-state index in [-0.39, 0.29) is 4.90 Å². The number of thioether (sulfide) groups is 1. The van der Waals surface area contributed by atoms with Crippen molar-refractivity contribution in [2.24, 2.45) is 4.40 Å². The third kappa shape index (κ3) is 3.47. The van der Waals surface area contributed by atoms with E-state index in [0.717, 1.165) is 24.6 Å².